The molecule has 0 spiro atoms. The second-order valence-electron chi connectivity index (χ2n) is 6.48. The molecular formula is C24H25NO4. The summed E-state index contributed by atoms with van der Waals surface area (Å²) in [4.78, 5) is 12.6. The number of ether oxygens (including phenoxy) is 3. The summed E-state index contributed by atoms with van der Waals surface area (Å²) in [5.74, 6) is 1.91. The van der Waals surface area contributed by atoms with Crippen molar-refractivity contribution in [1.82, 2.24) is 0 Å². The first kappa shape index (κ1) is 20.3. The average Bonchev–Trinajstić information content (AvgIpc) is 2.78. The van der Waals surface area contributed by atoms with E-state index in [9.17, 15) is 4.79 Å². The number of benzene rings is 3. The van der Waals surface area contributed by atoms with Gasteiger partial charge in [-0.1, -0.05) is 37.3 Å². The Morgan fingerprint density at radius 1 is 0.862 bits per heavy atom. The lowest BCUT2D eigenvalue weighted by Crippen LogP contribution is -2.32. The van der Waals surface area contributed by atoms with Gasteiger partial charge in [0.1, 0.15) is 23.9 Å². The molecule has 150 valence electrons. The summed E-state index contributed by atoms with van der Waals surface area (Å²) < 4.78 is 16.7. The van der Waals surface area contributed by atoms with Crippen LogP contribution in [0.4, 0.5) is 5.69 Å². The fraction of sp³-hybridized carbons (Fsp3) is 0.208. The molecule has 1 atom stereocenters. The van der Waals surface area contributed by atoms with Crippen LogP contribution in [0.3, 0.4) is 0 Å². The highest BCUT2D eigenvalue weighted by atomic mass is 16.5. The van der Waals surface area contributed by atoms with E-state index in [0.717, 1.165) is 17.1 Å². The minimum Gasteiger partial charge on any atom is -0.497 e. The van der Waals surface area contributed by atoms with Gasteiger partial charge in [0, 0.05) is 5.69 Å². The maximum absolute atomic E-state index is 12.6. The van der Waals surface area contributed by atoms with Crippen LogP contribution in [0, 0.1) is 0 Å². The fourth-order valence-electron chi connectivity index (χ4n) is 2.74. The zero-order valence-corrected chi connectivity index (χ0v) is 16.6. The zero-order chi connectivity index (χ0) is 20.5. The van der Waals surface area contributed by atoms with E-state index in [1.165, 1.54) is 0 Å². The number of hydrogen-bond acceptors (Lipinski definition) is 4. The Labute approximate surface area is 171 Å². The first-order valence-corrected chi connectivity index (χ1v) is 9.56. The zero-order valence-electron chi connectivity index (χ0n) is 16.6. The second kappa shape index (κ2) is 10.2. The Morgan fingerprint density at radius 3 is 2.10 bits per heavy atom. The van der Waals surface area contributed by atoms with Gasteiger partial charge in [-0.2, -0.15) is 0 Å². The molecule has 0 fully saturated rings. The summed E-state index contributed by atoms with van der Waals surface area (Å²) in [5.41, 5.74) is 1.80. The average molecular weight is 391 g/mol. The molecule has 3 aromatic rings. The third kappa shape index (κ3) is 6.01. The normalized spacial score (nSPS) is 11.4. The molecular weight excluding hydrogens is 366 g/mol. The van der Waals surface area contributed by atoms with Crippen molar-refractivity contribution in [3.8, 4) is 17.2 Å². The molecule has 0 bridgehead atoms. The van der Waals surface area contributed by atoms with Crippen molar-refractivity contribution >= 4 is 11.6 Å². The largest absolute Gasteiger partial charge is 0.497 e. The molecule has 5 nitrogen and oxygen atoms in total. The van der Waals surface area contributed by atoms with Crippen LogP contribution in [0.15, 0.2) is 78.9 Å². The molecule has 29 heavy (non-hydrogen) atoms. The van der Waals surface area contributed by atoms with Crippen molar-refractivity contribution in [3.05, 3.63) is 84.4 Å². The smallest absolute Gasteiger partial charge is 0.265 e. The summed E-state index contributed by atoms with van der Waals surface area (Å²) in [5, 5.41) is 2.89. The summed E-state index contributed by atoms with van der Waals surface area (Å²) >= 11 is 0. The van der Waals surface area contributed by atoms with Gasteiger partial charge in [0.05, 0.1) is 7.11 Å². The minimum atomic E-state index is -0.586. The molecule has 0 aliphatic carbocycles. The summed E-state index contributed by atoms with van der Waals surface area (Å²) in [7, 11) is 1.61. The summed E-state index contributed by atoms with van der Waals surface area (Å²) in [6, 6.07) is 24.5. The monoisotopic (exact) mass is 391 g/mol. The van der Waals surface area contributed by atoms with Crippen LogP contribution >= 0.6 is 0 Å². The van der Waals surface area contributed by atoms with Crippen molar-refractivity contribution in [3.63, 3.8) is 0 Å². The second-order valence-corrected chi connectivity index (χ2v) is 6.48. The summed E-state index contributed by atoms with van der Waals surface area (Å²) in [6.45, 7) is 2.41. The van der Waals surface area contributed by atoms with Crippen molar-refractivity contribution in [2.24, 2.45) is 0 Å². The Morgan fingerprint density at radius 2 is 1.48 bits per heavy atom. The maximum atomic E-state index is 12.6. The van der Waals surface area contributed by atoms with Crippen LogP contribution in [0.1, 0.15) is 18.9 Å². The highest BCUT2D eigenvalue weighted by Gasteiger charge is 2.18. The Hall–Kier alpha value is -3.47. The Balaban J connectivity index is 1.54. The molecule has 0 heterocycles. The van der Waals surface area contributed by atoms with Crippen LogP contribution < -0.4 is 19.5 Å². The van der Waals surface area contributed by atoms with E-state index in [1.807, 2.05) is 61.5 Å². The van der Waals surface area contributed by atoms with Gasteiger partial charge in [-0.3, -0.25) is 4.79 Å². The molecule has 1 amide bonds. The molecule has 0 radical (unpaired) electrons. The van der Waals surface area contributed by atoms with Crippen LogP contribution in [0.5, 0.6) is 17.2 Å². The first-order valence-electron chi connectivity index (χ1n) is 9.56. The predicted octanol–water partition coefficient (Wildman–Crippen LogP) is 5.07. The molecule has 5 heteroatoms. The van der Waals surface area contributed by atoms with Crippen LogP contribution in [-0.2, 0) is 11.4 Å². The number of carbonyl (C=O) groups is 1. The third-order valence-electron chi connectivity index (χ3n) is 4.37. The van der Waals surface area contributed by atoms with Crippen LogP contribution in [0.25, 0.3) is 0 Å². The molecule has 3 aromatic carbocycles. The number of nitrogens with one attached hydrogen (secondary N) is 1. The molecule has 0 saturated carbocycles. The molecule has 1 N–H and O–H groups in total. The lowest BCUT2D eigenvalue weighted by Gasteiger charge is -2.17. The van der Waals surface area contributed by atoms with Gasteiger partial charge in [-0.05, 0) is 60.5 Å². The number of hydrogen-bond donors (Lipinski definition) is 1. The standard InChI is InChI=1S/C24H25NO4/c1-3-23(29-22-15-13-20(27-2)14-16-22)24(26)25-19-9-11-21(12-10-19)28-17-18-7-5-4-6-8-18/h4-16,23H,3,17H2,1-2H3,(H,25,26)/t23-/m1/s1. The molecule has 0 unspecified atom stereocenters. The molecule has 0 aliphatic heterocycles. The van der Waals surface area contributed by atoms with Crippen molar-refractivity contribution in [1.29, 1.82) is 0 Å². The van der Waals surface area contributed by atoms with Crippen LogP contribution in [0.2, 0.25) is 0 Å². The van der Waals surface area contributed by atoms with E-state index in [4.69, 9.17) is 14.2 Å². The quantitative estimate of drug-likeness (QED) is 0.553. The predicted molar refractivity (Wildman–Crippen MR) is 114 cm³/mol. The minimum absolute atomic E-state index is 0.193. The van der Waals surface area contributed by atoms with E-state index in [2.05, 4.69) is 5.32 Å². The fourth-order valence-corrected chi connectivity index (χ4v) is 2.74. The van der Waals surface area contributed by atoms with Gasteiger partial charge in [0.2, 0.25) is 0 Å². The van der Waals surface area contributed by atoms with Crippen molar-refractivity contribution in [2.45, 2.75) is 26.1 Å². The molecule has 0 aliphatic rings. The van der Waals surface area contributed by atoms with Gasteiger partial charge in [-0.15, -0.1) is 0 Å². The van der Waals surface area contributed by atoms with Crippen molar-refractivity contribution < 1.29 is 19.0 Å². The topological polar surface area (TPSA) is 56.8 Å². The Kier molecular flexibility index (Phi) is 7.11. The number of anilines is 1. The van der Waals surface area contributed by atoms with E-state index < -0.39 is 6.10 Å². The van der Waals surface area contributed by atoms with Gasteiger partial charge in [0.25, 0.3) is 5.91 Å². The number of amides is 1. The molecule has 0 saturated heterocycles. The van der Waals surface area contributed by atoms with E-state index >= 15 is 0 Å². The van der Waals surface area contributed by atoms with Gasteiger partial charge >= 0.3 is 0 Å². The Bertz CT molecular complexity index is 892. The number of methoxy groups -OCH3 is 1. The lowest BCUT2D eigenvalue weighted by atomic mass is 10.2. The van der Waals surface area contributed by atoms with Crippen LogP contribution in [-0.4, -0.2) is 19.1 Å². The van der Waals surface area contributed by atoms with E-state index in [0.29, 0.717) is 24.5 Å². The van der Waals surface area contributed by atoms with E-state index in [-0.39, 0.29) is 5.91 Å². The maximum Gasteiger partial charge on any atom is 0.265 e. The molecule has 0 aromatic heterocycles. The highest BCUT2D eigenvalue weighted by molar-refractivity contribution is 5.94. The third-order valence-corrected chi connectivity index (χ3v) is 4.37. The van der Waals surface area contributed by atoms with Gasteiger partial charge in [0.15, 0.2) is 6.10 Å². The van der Waals surface area contributed by atoms with E-state index in [1.54, 1.807) is 31.4 Å². The van der Waals surface area contributed by atoms with Gasteiger partial charge in [-0.25, -0.2) is 0 Å². The SMILES string of the molecule is CC[C@@H](Oc1ccc(OC)cc1)C(=O)Nc1ccc(OCc2ccccc2)cc1. The lowest BCUT2D eigenvalue weighted by molar-refractivity contribution is -0.122. The first-order chi connectivity index (χ1) is 14.2. The number of carbonyl (C=O) groups excluding carboxylic acids is 1. The van der Waals surface area contributed by atoms with Crippen molar-refractivity contribution in [2.75, 3.05) is 12.4 Å². The summed E-state index contributed by atoms with van der Waals surface area (Å²) in [6.07, 6.45) is -0.0340. The molecule has 3 rings (SSSR count). The van der Waals surface area contributed by atoms with Gasteiger partial charge < -0.3 is 19.5 Å². The highest BCUT2D eigenvalue weighted by Crippen LogP contribution is 2.21. The number of rotatable bonds is 9.